The van der Waals surface area contributed by atoms with Gasteiger partial charge in [0.25, 0.3) is 0 Å². The van der Waals surface area contributed by atoms with Crippen LogP contribution in [0.5, 0.6) is 0 Å². The smallest absolute Gasteiger partial charge is 0.308 e. The van der Waals surface area contributed by atoms with Crippen LogP contribution in [0.2, 0.25) is 0 Å². The third-order valence-corrected chi connectivity index (χ3v) is 9.95. The summed E-state index contributed by atoms with van der Waals surface area (Å²) in [6.07, 6.45) is 0. The molecule has 6 nitrogen and oxygen atoms in total. The van der Waals surface area contributed by atoms with Gasteiger partial charge < -0.3 is 21.9 Å². The first kappa shape index (κ1) is 28.7. The predicted molar refractivity (Wildman–Crippen MR) is 111 cm³/mol. The van der Waals surface area contributed by atoms with E-state index in [1.54, 1.807) is 14.2 Å². The van der Waals surface area contributed by atoms with Crippen LogP contribution in [0.1, 0.15) is 41.5 Å². The molecule has 0 aromatic carbocycles. The molecular formula is C18H44ClN4O2P. The van der Waals surface area contributed by atoms with Crippen LogP contribution < -0.4 is 12.4 Å². The lowest BCUT2D eigenvalue weighted by Crippen LogP contribution is -3.00. The first-order valence-corrected chi connectivity index (χ1v) is 11.6. The number of hydrogen-bond donors (Lipinski definition) is 0. The maximum Gasteiger partial charge on any atom is 0.308 e. The molecule has 0 spiro atoms. The van der Waals surface area contributed by atoms with Gasteiger partial charge in [0, 0.05) is 53.5 Å². The highest BCUT2D eigenvalue weighted by molar-refractivity contribution is 7.66. The normalized spacial score (nSPS) is 12.5. The molecule has 0 aliphatic heterocycles. The minimum atomic E-state index is -1.82. The molecule has 0 N–H and O–H groups in total. The van der Waals surface area contributed by atoms with E-state index in [9.17, 15) is 0 Å². The minimum absolute atomic E-state index is 0. The fourth-order valence-electron chi connectivity index (χ4n) is 3.66. The number of methoxy groups -OCH3 is 2. The molecule has 26 heavy (non-hydrogen) atoms. The first-order chi connectivity index (χ1) is 12.1. The van der Waals surface area contributed by atoms with Gasteiger partial charge in [-0.2, -0.15) is 0 Å². The maximum absolute atomic E-state index is 5.47. The van der Waals surface area contributed by atoms with Crippen LogP contribution in [0.15, 0.2) is 0 Å². The Labute approximate surface area is 170 Å². The monoisotopic (exact) mass is 414 g/mol. The SMILES string of the molecule is CCN(CC)[P+](N(CC)CC)(N(CC)CC)N(CCOC)CCOC.[Cl-]. The Hall–Kier alpha value is 0.480. The summed E-state index contributed by atoms with van der Waals surface area (Å²) in [5, 5.41) is 0. The van der Waals surface area contributed by atoms with Crippen molar-refractivity contribution in [1.82, 2.24) is 18.7 Å². The Morgan fingerprint density at radius 2 is 0.808 bits per heavy atom. The third kappa shape index (κ3) is 6.82. The van der Waals surface area contributed by atoms with E-state index in [0.29, 0.717) is 0 Å². The summed E-state index contributed by atoms with van der Waals surface area (Å²) in [5.74, 6) is 0. The van der Waals surface area contributed by atoms with Gasteiger partial charge in [-0.15, -0.1) is 18.7 Å². The molecule has 0 aliphatic carbocycles. The predicted octanol–water partition coefficient (Wildman–Crippen LogP) is 0.288. The fraction of sp³-hybridized carbons (Fsp3) is 1.00. The molecule has 0 atom stereocenters. The zero-order valence-electron chi connectivity index (χ0n) is 18.5. The van der Waals surface area contributed by atoms with E-state index < -0.39 is 7.87 Å². The number of ether oxygens (including phenoxy) is 2. The molecule has 0 aromatic rings. The van der Waals surface area contributed by atoms with E-state index in [2.05, 4.69) is 60.2 Å². The molecule has 8 heteroatoms. The lowest BCUT2D eigenvalue weighted by Gasteiger charge is -2.50. The van der Waals surface area contributed by atoms with Crippen molar-refractivity contribution in [2.45, 2.75) is 41.5 Å². The van der Waals surface area contributed by atoms with Crippen molar-refractivity contribution < 1.29 is 21.9 Å². The molecule has 0 radical (unpaired) electrons. The molecule has 0 fully saturated rings. The van der Waals surface area contributed by atoms with Crippen LogP contribution in [-0.4, -0.2) is 98.5 Å². The second-order valence-corrected chi connectivity index (χ2v) is 9.23. The number of rotatable bonds is 16. The summed E-state index contributed by atoms with van der Waals surface area (Å²) >= 11 is 0. The number of nitrogens with zero attached hydrogens (tertiary/aromatic N) is 4. The van der Waals surface area contributed by atoms with E-state index >= 15 is 0 Å². The largest absolute Gasteiger partial charge is 1.00 e. The third-order valence-electron chi connectivity index (χ3n) is 4.82. The topological polar surface area (TPSA) is 31.4 Å². The summed E-state index contributed by atoms with van der Waals surface area (Å²) in [5.41, 5.74) is 0. The summed E-state index contributed by atoms with van der Waals surface area (Å²) in [6.45, 7) is 23.4. The molecule has 0 bridgehead atoms. The molecule has 0 amide bonds. The lowest BCUT2D eigenvalue weighted by atomic mass is 10.6. The molecule has 0 unspecified atom stereocenters. The quantitative estimate of drug-likeness (QED) is 0.337. The highest BCUT2D eigenvalue weighted by atomic mass is 35.5. The Bertz CT molecular complexity index is 278. The van der Waals surface area contributed by atoms with Crippen molar-refractivity contribution in [3.63, 3.8) is 0 Å². The van der Waals surface area contributed by atoms with Gasteiger partial charge in [-0.3, -0.25) is 0 Å². The highest BCUT2D eigenvalue weighted by Crippen LogP contribution is 2.69. The van der Waals surface area contributed by atoms with Gasteiger partial charge in [0.2, 0.25) is 0 Å². The van der Waals surface area contributed by atoms with Crippen LogP contribution in [0.3, 0.4) is 0 Å². The van der Waals surface area contributed by atoms with Crippen LogP contribution in [0.4, 0.5) is 0 Å². The van der Waals surface area contributed by atoms with E-state index in [1.165, 1.54) is 0 Å². The van der Waals surface area contributed by atoms with Crippen LogP contribution in [0, 0.1) is 0 Å². The number of hydrogen-bond acceptors (Lipinski definition) is 6. The zero-order chi connectivity index (χ0) is 19.3. The molecule has 0 aromatic heterocycles. The summed E-state index contributed by atoms with van der Waals surface area (Å²) in [7, 11) is 1.76. The Morgan fingerprint density at radius 1 is 0.538 bits per heavy atom. The summed E-state index contributed by atoms with van der Waals surface area (Å²) in [4.78, 5) is 0. The van der Waals surface area contributed by atoms with Crippen molar-refractivity contribution in [3.8, 4) is 0 Å². The van der Waals surface area contributed by atoms with Crippen molar-refractivity contribution in [2.24, 2.45) is 0 Å². The Morgan fingerprint density at radius 3 is 1.00 bits per heavy atom. The maximum atomic E-state index is 5.47. The first-order valence-electron chi connectivity index (χ1n) is 9.97. The number of halogens is 1. The molecular weight excluding hydrogens is 371 g/mol. The van der Waals surface area contributed by atoms with E-state index in [-0.39, 0.29) is 12.4 Å². The van der Waals surface area contributed by atoms with Crippen LogP contribution >= 0.6 is 7.87 Å². The van der Waals surface area contributed by atoms with E-state index in [1.807, 2.05) is 0 Å². The summed E-state index contributed by atoms with van der Waals surface area (Å²) in [6, 6.07) is 0. The standard InChI is InChI=1S/C18H44N4O2P.ClH/c1-9-19(10-2)25(20(11-3)12-4,21(13-5)14-6)22(15-17-23-7)16-18-24-8;/h9-18H2,1-8H3;1H/q+1;/p-1. The molecule has 0 saturated heterocycles. The second-order valence-electron chi connectivity index (χ2n) is 5.89. The average Bonchev–Trinajstić information content (AvgIpc) is 2.64. The average molecular weight is 415 g/mol. The molecule has 160 valence electrons. The van der Waals surface area contributed by atoms with Crippen molar-refractivity contribution >= 4 is 7.87 Å². The van der Waals surface area contributed by atoms with Gasteiger partial charge in [0.05, 0.1) is 26.3 Å². The minimum Gasteiger partial charge on any atom is -1.00 e. The van der Waals surface area contributed by atoms with Crippen molar-refractivity contribution in [3.05, 3.63) is 0 Å². The zero-order valence-corrected chi connectivity index (χ0v) is 20.2. The highest BCUT2D eigenvalue weighted by Gasteiger charge is 2.58. The van der Waals surface area contributed by atoms with Gasteiger partial charge in [0.15, 0.2) is 0 Å². The lowest BCUT2D eigenvalue weighted by molar-refractivity contribution is -0.00000684. The van der Waals surface area contributed by atoms with Gasteiger partial charge in [-0.05, 0) is 41.5 Å². The van der Waals surface area contributed by atoms with E-state index in [4.69, 9.17) is 9.47 Å². The summed E-state index contributed by atoms with van der Waals surface area (Å²) < 4.78 is 21.7. The van der Waals surface area contributed by atoms with Crippen molar-refractivity contribution in [1.29, 1.82) is 0 Å². The second kappa shape index (κ2) is 16.4. The van der Waals surface area contributed by atoms with Gasteiger partial charge in [-0.1, -0.05) is 0 Å². The molecule has 0 heterocycles. The van der Waals surface area contributed by atoms with Crippen LogP contribution in [-0.2, 0) is 9.47 Å². The van der Waals surface area contributed by atoms with Crippen LogP contribution in [0.25, 0.3) is 0 Å². The molecule has 0 aliphatic rings. The Balaban J connectivity index is 0. The Kier molecular flexibility index (Phi) is 18.1. The molecule has 0 rings (SSSR count). The van der Waals surface area contributed by atoms with Crippen molar-refractivity contribution in [2.75, 3.05) is 79.8 Å². The van der Waals surface area contributed by atoms with E-state index in [0.717, 1.165) is 65.6 Å². The van der Waals surface area contributed by atoms with Gasteiger partial charge >= 0.3 is 7.87 Å². The fourth-order valence-corrected chi connectivity index (χ4v) is 8.78. The molecule has 0 saturated carbocycles. The van der Waals surface area contributed by atoms with Gasteiger partial charge in [0.1, 0.15) is 0 Å². The van der Waals surface area contributed by atoms with Gasteiger partial charge in [-0.25, -0.2) is 0 Å².